The fraction of sp³-hybridized carbons (Fsp3) is 0.308. The van der Waals surface area contributed by atoms with Gasteiger partial charge in [0, 0.05) is 17.6 Å². The summed E-state index contributed by atoms with van der Waals surface area (Å²) in [5, 5.41) is 11.0. The molecule has 2 aromatic rings. The summed E-state index contributed by atoms with van der Waals surface area (Å²) in [4.78, 5) is 22.5. The third-order valence-electron chi connectivity index (χ3n) is 2.91. The van der Waals surface area contributed by atoms with E-state index in [1.165, 1.54) is 10.9 Å². The van der Waals surface area contributed by atoms with E-state index < -0.39 is 5.97 Å². The summed E-state index contributed by atoms with van der Waals surface area (Å²) in [5.41, 5.74) is 0.667. The Bertz CT molecular complexity index is 584. The Morgan fingerprint density at radius 1 is 1.47 bits per heavy atom. The summed E-state index contributed by atoms with van der Waals surface area (Å²) >= 11 is 1.66. The SMILES string of the molecule is Cc1cc(C(=O)O)nc(N(C)C(C)c2cccs2)n1. The number of hydrogen-bond donors (Lipinski definition) is 1. The first-order valence-electron chi connectivity index (χ1n) is 5.84. The Morgan fingerprint density at radius 3 is 2.79 bits per heavy atom. The van der Waals surface area contributed by atoms with Gasteiger partial charge in [-0.2, -0.15) is 0 Å². The molecule has 0 aliphatic heterocycles. The molecule has 0 fully saturated rings. The number of nitrogens with zero attached hydrogens (tertiary/aromatic N) is 3. The molecule has 19 heavy (non-hydrogen) atoms. The van der Waals surface area contributed by atoms with Gasteiger partial charge in [0.05, 0.1) is 6.04 Å². The van der Waals surface area contributed by atoms with Crippen molar-refractivity contribution in [2.45, 2.75) is 19.9 Å². The van der Waals surface area contributed by atoms with E-state index in [2.05, 4.69) is 9.97 Å². The molecule has 1 N–H and O–H groups in total. The molecule has 0 amide bonds. The van der Waals surface area contributed by atoms with Crippen LogP contribution in [0.5, 0.6) is 0 Å². The van der Waals surface area contributed by atoms with E-state index in [4.69, 9.17) is 5.11 Å². The molecule has 2 aromatic heterocycles. The third kappa shape index (κ3) is 2.90. The van der Waals surface area contributed by atoms with Gasteiger partial charge in [-0.25, -0.2) is 14.8 Å². The number of carboxylic acids is 1. The number of hydrogen-bond acceptors (Lipinski definition) is 5. The van der Waals surface area contributed by atoms with Gasteiger partial charge < -0.3 is 10.0 Å². The van der Waals surface area contributed by atoms with Crippen LogP contribution in [-0.4, -0.2) is 28.1 Å². The van der Waals surface area contributed by atoms with Crippen molar-refractivity contribution >= 4 is 23.3 Å². The maximum absolute atomic E-state index is 11.0. The highest BCUT2D eigenvalue weighted by Crippen LogP contribution is 2.26. The third-order valence-corrected chi connectivity index (χ3v) is 3.96. The van der Waals surface area contributed by atoms with E-state index in [0.717, 1.165) is 0 Å². The molecular formula is C13H15N3O2S. The molecule has 0 saturated carbocycles. The van der Waals surface area contributed by atoms with Gasteiger partial charge in [-0.05, 0) is 31.4 Å². The quantitative estimate of drug-likeness (QED) is 0.930. The second-order valence-corrected chi connectivity index (χ2v) is 5.28. The van der Waals surface area contributed by atoms with Crippen LogP contribution in [0.2, 0.25) is 0 Å². The van der Waals surface area contributed by atoms with Crippen molar-refractivity contribution in [2.75, 3.05) is 11.9 Å². The zero-order chi connectivity index (χ0) is 14.0. The normalized spacial score (nSPS) is 12.2. The van der Waals surface area contributed by atoms with Gasteiger partial charge in [-0.3, -0.25) is 0 Å². The average Bonchev–Trinajstić information content (AvgIpc) is 2.90. The topological polar surface area (TPSA) is 66.3 Å². The molecule has 5 nitrogen and oxygen atoms in total. The lowest BCUT2D eigenvalue weighted by Crippen LogP contribution is -2.24. The zero-order valence-electron chi connectivity index (χ0n) is 11.0. The Kier molecular flexibility index (Phi) is 3.80. The minimum absolute atomic E-state index is 0.0210. The zero-order valence-corrected chi connectivity index (χ0v) is 11.8. The van der Waals surface area contributed by atoms with Gasteiger partial charge in [0.2, 0.25) is 5.95 Å². The van der Waals surface area contributed by atoms with Crippen molar-refractivity contribution < 1.29 is 9.90 Å². The fourth-order valence-corrected chi connectivity index (χ4v) is 2.54. The van der Waals surface area contributed by atoms with Gasteiger partial charge >= 0.3 is 5.97 Å². The van der Waals surface area contributed by atoms with E-state index >= 15 is 0 Å². The number of carboxylic acid groups (broad SMARTS) is 1. The summed E-state index contributed by atoms with van der Waals surface area (Å²) in [7, 11) is 1.87. The van der Waals surface area contributed by atoms with Crippen molar-refractivity contribution in [1.29, 1.82) is 0 Å². The smallest absolute Gasteiger partial charge is 0.354 e. The standard InChI is InChI=1S/C13H15N3O2S/c1-8-7-10(12(17)18)15-13(14-8)16(3)9(2)11-5-4-6-19-11/h4-7,9H,1-3H3,(H,17,18). The highest BCUT2D eigenvalue weighted by Gasteiger charge is 2.17. The second-order valence-electron chi connectivity index (χ2n) is 4.30. The summed E-state index contributed by atoms with van der Waals surface area (Å²) < 4.78 is 0. The molecule has 0 radical (unpaired) electrons. The van der Waals surface area contributed by atoms with E-state index in [9.17, 15) is 4.79 Å². The van der Waals surface area contributed by atoms with Crippen LogP contribution in [0.4, 0.5) is 5.95 Å². The van der Waals surface area contributed by atoms with Crippen LogP contribution in [0.15, 0.2) is 23.6 Å². The molecule has 2 rings (SSSR count). The predicted octanol–water partition coefficient (Wildman–Crippen LogP) is 2.74. The Hall–Kier alpha value is -1.95. The molecule has 2 heterocycles. The van der Waals surface area contributed by atoms with Crippen LogP contribution in [0.25, 0.3) is 0 Å². The number of carbonyl (C=O) groups is 1. The molecular weight excluding hydrogens is 262 g/mol. The van der Waals surface area contributed by atoms with Gasteiger partial charge in [-0.1, -0.05) is 6.07 Å². The minimum atomic E-state index is -1.04. The molecule has 0 spiro atoms. The Morgan fingerprint density at radius 2 is 2.21 bits per heavy atom. The summed E-state index contributed by atoms with van der Waals surface area (Å²) in [6.45, 7) is 3.80. The van der Waals surface area contributed by atoms with Gasteiger partial charge in [0.15, 0.2) is 5.69 Å². The highest BCUT2D eigenvalue weighted by molar-refractivity contribution is 7.10. The molecule has 6 heteroatoms. The van der Waals surface area contributed by atoms with E-state index in [1.54, 1.807) is 18.3 Å². The van der Waals surface area contributed by atoms with Gasteiger partial charge in [0.1, 0.15) is 0 Å². The highest BCUT2D eigenvalue weighted by atomic mass is 32.1. The first-order valence-corrected chi connectivity index (χ1v) is 6.72. The Balaban J connectivity index is 2.33. The summed E-state index contributed by atoms with van der Waals surface area (Å²) in [6, 6.07) is 5.60. The minimum Gasteiger partial charge on any atom is -0.477 e. The van der Waals surface area contributed by atoms with Gasteiger partial charge in [0.25, 0.3) is 0 Å². The largest absolute Gasteiger partial charge is 0.477 e. The van der Waals surface area contributed by atoms with Crippen LogP contribution < -0.4 is 4.90 Å². The molecule has 0 saturated heterocycles. The molecule has 1 unspecified atom stereocenters. The first kappa shape index (κ1) is 13.5. The van der Waals surface area contributed by atoms with Crippen LogP contribution in [0.3, 0.4) is 0 Å². The van der Waals surface area contributed by atoms with Crippen molar-refractivity contribution in [3.8, 4) is 0 Å². The average molecular weight is 277 g/mol. The van der Waals surface area contributed by atoms with Gasteiger partial charge in [-0.15, -0.1) is 11.3 Å². The number of aromatic nitrogens is 2. The van der Waals surface area contributed by atoms with Crippen molar-refractivity contribution in [3.05, 3.63) is 39.8 Å². The number of aryl methyl sites for hydroxylation is 1. The maximum atomic E-state index is 11.0. The van der Waals surface area contributed by atoms with Crippen molar-refractivity contribution in [2.24, 2.45) is 0 Å². The number of rotatable bonds is 4. The van der Waals surface area contributed by atoms with Crippen molar-refractivity contribution in [1.82, 2.24) is 9.97 Å². The Labute approximate surface area is 115 Å². The number of aromatic carboxylic acids is 1. The van der Waals surface area contributed by atoms with Crippen molar-refractivity contribution in [3.63, 3.8) is 0 Å². The van der Waals surface area contributed by atoms with Crippen LogP contribution in [0, 0.1) is 6.92 Å². The van der Waals surface area contributed by atoms with Crippen LogP contribution in [-0.2, 0) is 0 Å². The van der Waals surface area contributed by atoms with E-state index in [1.807, 2.05) is 36.4 Å². The molecule has 0 bridgehead atoms. The van der Waals surface area contributed by atoms with Crippen LogP contribution in [0.1, 0.15) is 34.0 Å². The lowest BCUT2D eigenvalue weighted by atomic mass is 10.2. The molecule has 0 aromatic carbocycles. The van der Waals surface area contributed by atoms with Crippen LogP contribution >= 0.6 is 11.3 Å². The number of thiophene rings is 1. The molecule has 100 valence electrons. The maximum Gasteiger partial charge on any atom is 0.354 e. The molecule has 1 atom stereocenters. The summed E-state index contributed by atoms with van der Waals surface area (Å²) in [5.74, 6) is -0.609. The lowest BCUT2D eigenvalue weighted by Gasteiger charge is -2.24. The second kappa shape index (κ2) is 5.36. The monoisotopic (exact) mass is 277 g/mol. The predicted molar refractivity (Wildman–Crippen MR) is 74.9 cm³/mol. The summed E-state index contributed by atoms with van der Waals surface area (Å²) in [6.07, 6.45) is 0. The molecule has 0 aliphatic carbocycles. The van der Waals surface area contributed by atoms with E-state index in [-0.39, 0.29) is 11.7 Å². The first-order chi connectivity index (χ1) is 8.99. The molecule has 0 aliphatic rings. The number of anilines is 1. The lowest BCUT2D eigenvalue weighted by molar-refractivity contribution is 0.0690. The fourth-order valence-electron chi connectivity index (χ4n) is 1.71. The van der Waals surface area contributed by atoms with E-state index in [0.29, 0.717) is 11.6 Å².